The minimum Gasteiger partial charge on any atom is -0.321 e. The SMILES string of the molecule is O=C(Nc1cccc(F)c1)c1sc(=S)n2c1[nH]c(=O)c1cc(Br)ccc12. The van der Waals surface area contributed by atoms with Gasteiger partial charge in [0.1, 0.15) is 16.3 Å². The van der Waals surface area contributed by atoms with Crippen LogP contribution in [0.5, 0.6) is 0 Å². The molecule has 4 aromatic rings. The molecule has 2 aromatic carbocycles. The monoisotopic (exact) mass is 449 g/mol. The van der Waals surface area contributed by atoms with Crippen LogP contribution in [0.2, 0.25) is 0 Å². The van der Waals surface area contributed by atoms with Gasteiger partial charge < -0.3 is 10.3 Å². The van der Waals surface area contributed by atoms with E-state index in [9.17, 15) is 14.0 Å². The van der Waals surface area contributed by atoms with Crippen molar-refractivity contribution in [3.8, 4) is 0 Å². The van der Waals surface area contributed by atoms with Crippen molar-refractivity contribution < 1.29 is 9.18 Å². The largest absolute Gasteiger partial charge is 0.321 e. The zero-order chi connectivity index (χ0) is 18.4. The Balaban J connectivity index is 1.90. The molecule has 0 fully saturated rings. The van der Waals surface area contributed by atoms with E-state index in [1.807, 2.05) is 0 Å². The molecular weight excluding hydrogens is 441 g/mol. The second-order valence-electron chi connectivity index (χ2n) is 5.46. The zero-order valence-corrected chi connectivity index (χ0v) is 16.1. The molecule has 5 nitrogen and oxygen atoms in total. The van der Waals surface area contributed by atoms with Crippen molar-refractivity contribution in [1.82, 2.24) is 9.38 Å². The number of hydrogen-bond acceptors (Lipinski definition) is 4. The first kappa shape index (κ1) is 17.1. The molecule has 2 heterocycles. The number of thiazole rings is 1. The normalized spacial score (nSPS) is 11.2. The van der Waals surface area contributed by atoms with Gasteiger partial charge in [0.25, 0.3) is 11.5 Å². The Labute approximate surface area is 163 Å². The quantitative estimate of drug-likeness (QED) is 0.434. The first-order valence-corrected chi connectivity index (χ1v) is 9.40. The lowest BCUT2D eigenvalue weighted by Gasteiger charge is -2.05. The van der Waals surface area contributed by atoms with Gasteiger partial charge in [0, 0.05) is 10.2 Å². The van der Waals surface area contributed by atoms with Crippen molar-refractivity contribution in [2.24, 2.45) is 0 Å². The maximum absolute atomic E-state index is 13.3. The molecule has 0 atom stereocenters. The number of benzene rings is 2. The Morgan fingerprint density at radius 3 is 2.85 bits per heavy atom. The Kier molecular flexibility index (Phi) is 4.22. The van der Waals surface area contributed by atoms with E-state index in [0.717, 1.165) is 15.8 Å². The van der Waals surface area contributed by atoms with E-state index in [4.69, 9.17) is 12.2 Å². The standard InChI is InChI=1S/C17H9BrFN3O2S2/c18-8-4-5-12-11(6-8)15(23)21-14-13(26-17(25)22(12)14)16(24)20-10-3-1-2-9(19)7-10/h1-7H,(H,20,24)(H,21,23). The number of aromatic amines is 1. The van der Waals surface area contributed by atoms with E-state index >= 15 is 0 Å². The summed E-state index contributed by atoms with van der Waals surface area (Å²) in [5.74, 6) is -0.927. The highest BCUT2D eigenvalue weighted by Gasteiger charge is 2.18. The second-order valence-corrected chi connectivity index (χ2v) is 8.02. The molecule has 4 rings (SSSR count). The maximum atomic E-state index is 13.3. The summed E-state index contributed by atoms with van der Waals surface area (Å²) in [4.78, 5) is 28.0. The number of nitrogens with one attached hydrogen (secondary N) is 2. The summed E-state index contributed by atoms with van der Waals surface area (Å²) < 4.78 is 16.2. The number of hydrogen-bond donors (Lipinski definition) is 2. The van der Waals surface area contributed by atoms with Gasteiger partial charge in [0.15, 0.2) is 3.95 Å². The van der Waals surface area contributed by atoms with Gasteiger partial charge in [-0.2, -0.15) is 0 Å². The number of fused-ring (bicyclic) bond motifs is 3. The third-order valence-corrected chi connectivity index (χ3v) is 5.64. The van der Waals surface area contributed by atoms with Crippen molar-refractivity contribution >= 4 is 67.6 Å². The fraction of sp³-hybridized carbons (Fsp3) is 0. The van der Waals surface area contributed by atoms with Crippen LogP contribution in [-0.4, -0.2) is 15.3 Å². The van der Waals surface area contributed by atoms with Gasteiger partial charge in [0.2, 0.25) is 0 Å². The van der Waals surface area contributed by atoms with Crippen LogP contribution in [0.25, 0.3) is 16.6 Å². The predicted octanol–water partition coefficient (Wildman–Crippen LogP) is 4.73. The Bertz CT molecular complexity index is 1310. The average molecular weight is 450 g/mol. The van der Waals surface area contributed by atoms with E-state index in [1.54, 1.807) is 28.7 Å². The van der Waals surface area contributed by atoms with Crippen molar-refractivity contribution in [3.05, 3.63) is 71.9 Å². The lowest BCUT2D eigenvalue weighted by Crippen LogP contribution is -2.15. The van der Waals surface area contributed by atoms with E-state index < -0.39 is 11.7 Å². The number of rotatable bonds is 2. The molecule has 2 aromatic heterocycles. The van der Waals surface area contributed by atoms with Crippen LogP contribution in [0, 0.1) is 9.77 Å². The topological polar surface area (TPSA) is 66.4 Å². The van der Waals surface area contributed by atoms with Crippen LogP contribution in [0.15, 0.2) is 51.7 Å². The number of halogens is 2. The Hall–Kier alpha value is -2.36. The molecule has 0 aliphatic carbocycles. The molecule has 26 heavy (non-hydrogen) atoms. The highest BCUT2D eigenvalue weighted by Crippen LogP contribution is 2.25. The van der Waals surface area contributed by atoms with Gasteiger partial charge in [-0.25, -0.2) is 4.39 Å². The van der Waals surface area contributed by atoms with Crippen LogP contribution >= 0.6 is 39.5 Å². The number of amides is 1. The van der Waals surface area contributed by atoms with E-state index in [0.29, 0.717) is 26.2 Å². The van der Waals surface area contributed by atoms with E-state index in [2.05, 4.69) is 26.2 Å². The van der Waals surface area contributed by atoms with Crippen molar-refractivity contribution in [3.63, 3.8) is 0 Å². The Morgan fingerprint density at radius 2 is 2.08 bits per heavy atom. The van der Waals surface area contributed by atoms with Crippen LogP contribution in [0.3, 0.4) is 0 Å². The second kappa shape index (κ2) is 6.42. The van der Waals surface area contributed by atoms with Gasteiger partial charge in [-0.1, -0.05) is 33.3 Å². The lowest BCUT2D eigenvalue weighted by atomic mass is 10.2. The molecule has 130 valence electrons. The summed E-state index contributed by atoms with van der Waals surface area (Å²) in [6.07, 6.45) is 0. The zero-order valence-electron chi connectivity index (χ0n) is 12.9. The summed E-state index contributed by atoms with van der Waals surface area (Å²) in [5, 5.41) is 3.08. The molecule has 0 aliphatic heterocycles. The molecule has 1 amide bonds. The summed E-state index contributed by atoms with van der Waals surface area (Å²) in [6.45, 7) is 0. The fourth-order valence-electron chi connectivity index (χ4n) is 2.67. The minimum absolute atomic E-state index is 0.251. The van der Waals surface area contributed by atoms with Crippen molar-refractivity contribution in [2.45, 2.75) is 0 Å². The highest BCUT2D eigenvalue weighted by molar-refractivity contribution is 9.10. The van der Waals surface area contributed by atoms with Gasteiger partial charge in [-0.3, -0.25) is 14.0 Å². The highest BCUT2D eigenvalue weighted by atomic mass is 79.9. The summed E-state index contributed by atoms with van der Waals surface area (Å²) >= 11 is 9.81. The fourth-order valence-corrected chi connectivity index (χ4v) is 4.31. The smallest absolute Gasteiger partial charge is 0.269 e. The molecule has 0 saturated carbocycles. The number of aromatic nitrogens is 2. The average Bonchev–Trinajstić information content (AvgIpc) is 2.92. The number of nitrogens with zero attached hydrogens (tertiary/aromatic N) is 1. The molecule has 0 spiro atoms. The minimum atomic E-state index is -0.471. The van der Waals surface area contributed by atoms with Crippen molar-refractivity contribution in [2.75, 3.05) is 5.32 Å². The van der Waals surface area contributed by atoms with Gasteiger partial charge in [-0.15, -0.1) is 0 Å². The Morgan fingerprint density at radius 1 is 1.27 bits per heavy atom. The van der Waals surface area contributed by atoms with Gasteiger partial charge in [-0.05, 0) is 48.6 Å². The van der Waals surface area contributed by atoms with Crippen LogP contribution < -0.4 is 10.9 Å². The number of anilines is 1. The molecule has 2 N–H and O–H groups in total. The third-order valence-electron chi connectivity index (χ3n) is 3.78. The summed E-state index contributed by atoms with van der Waals surface area (Å²) in [5.41, 5.74) is 0.917. The van der Waals surface area contributed by atoms with Crippen molar-refractivity contribution in [1.29, 1.82) is 0 Å². The molecule has 0 aliphatic rings. The first-order chi connectivity index (χ1) is 12.4. The number of carbonyl (C=O) groups is 1. The van der Waals surface area contributed by atoms with Gasteiger partial charge in [0.05, 0.1) is 10.9 Å². The molecule has 0 unspecified atom stereocenters. The first-order valence-electron chi connectivity index (χ1n) is 7.38. The number of H-pyrrole nitrogens is 1. The predicted molar refractivity (Wildman–Crippen MR) is 106 cm³/mol. The van der Waals surface area contributed by atoms with E-state index in [1.165, 1.54) is 18.2 Å². The number of carbonyl (C=O) groups excluding carboxylic acids is 1. The lowest BCUT2D eigenvalue weighted by molar-refractivity contribution is 0.103. The van der Waals surface area contributed by atoms with Gasteiger partial charge >= 0.3 is 0 Å². The summed E-state index contributed by atoms with van der Waals surface area (Å²) in [6, 6.07) is 10.8. The molecule has 9 heteroatoms. The molecule has 0 radical (unpaired) electrons. The molecule has 0 saturated heterocycles. The molecular formula is C17H9BrFN3O2S2. The maximum Gasteiger partial charge on any atom is 0.269 e. The van der Waals surface area contributed by atoms with Crippen LogP contribution in [0.1, 0.15) is 9.67 Å². The third kappa shape index (κ3) is 2.87. The van der Waals surface area contributed by atoms with Crippen LogP contribution in [-0.2, 0) is 0 Å². The van der Waals surface area contributed by atoms with Crippen LogP contribution in [0.4, 0.5) is 10.1 Å². The molecule has 0 bridgehead atoms. The summed E-state index contributed by atoms with van der Waals surface area (Å²) in [7, 11) is 0. The van der Waals surface area contributed by atoms with E-state index in [-0.39, 0.29) is 10.4 Å².